The van der Waals surface area contributed by atoms with Gasteiger partial charge in [-0.25, -0.2) is 9.37 Å². The molecule has 0 saturated heterocycles. The van der Waals surface area contributed by atoms with Crippen molar-refractivity contribution in [1.29, 1.82) is 0 Å². The summed E-state index contributed by atoms with van der Waals surface area (Å²) in [5, 5.41) is 4.60. The van der Waals surface area contributed by atoms with E-state index in [0.29, 0.717) is 21.8 Å². The second kappa shape index (κ2) is 10.3. The van der Waals surface area contributed by atoms with Gasteiger partial charge in [-0.05, 0) is 36.1 Å². The summed E-state index contributed by atoms with van der Waals surface area (Å²) >= 11 is 1.31. The van der Waals surface area contributed by atoms with Crippen molar-refractivity contribution in [2.45, 2.75) is 6.92 Å². The van der Waals surface area contributed by atoms with Crippen LogP contribution in [0.2, 0.25) is 0 Å². The Morgan fingerprint density at radius 2 is 1.97 bits per heavy atom. The molecular weight excluding hydrogens is 451 g/mol. The van der Waals surface area contributed by atoms with Crippen molar-refractivity contribution in [2.24, 2.45) is 0 Å². The smallest absolute Gasteiger partial charge is 0.264 e. The van der Waals surface area contributed by atoms with Crippen molar-refractivity contribution in [3.63, 3.8) is 0 Å². The lowest BCUT2D eigenvalue weighted by Crippen LogP contribution is -2.38. The lowest BCUT2D eigenvalue weighted by Gasteiger charge is -2.20. The first-order chi connectivity index (χ1) is 16.5. The molecule has 0 unspecified atom stereocenters. The zero-order valence-corrected chi connectivity index (χ0v) is 19.4. The maximum atomic E-state index is 14.3. The second-order valence-corrected chi connectivity index (χ2v) is 8.57. The van der Waals surface area contributed by atoms with Gasteiger partial charge in [0.2, 0.25) is 11.9 Å². The molecule has 0 saturated carbocycles. The molecule has 4 aromatic rings. The maximum Gasteiger partial charge on any atom is 0.264 e. The van der Waals surface area contributed by atoms with Gasteiger partial charge in [0.25, 0.3) is 5.91 Å². The molecule has 2 aromatic heterocycles. The average Bonchev–Trinajstić information content (AvgIpc) is 3.51. The van der Waals surface area contributed by atoms with E-state index in [1.807, 2.05) is 35.7 Å². The quantitative estimate of drug-likeness (QED) is 0.352. The van der Waals surface area contributed by atoms with Crippen LogP contribution in [0.5, 0.6) is 0 Å². The molecule has 4 rings (SSSR count). The average molecular weight is 475 g/mol. The molecule has 0 bridgehead atoms. The number of aromatic nitrogens is 2. The van der Waals surface area contributed by atoms with Gasteiger partial charge in [-0.3, -0.25) is 19.5 Å². The summed E-state index contributed by atoms with van der Waals surface area (Å²) in [6, 6.07) is 17.8. The number of hydrogen-bond donors (Lipinski definition) is 1. The first kappa shape index (κ1) is 23.1. The van der Waals surface area contributed by atoms with Gasteiger partial charge in [-0.1, -0.05) is 48.5 Å². The van der Waals surface area contributed by atoms with Crippen LogP contribution in [0.1, 0.15) is 15.2 Å². The Bertz CT molecular complexity index is 1320. The van der Waals surface area contributed by atoms with Crippen LogP contribution in [-0.2, 0) is 4.79 Å². The Hall–Kier alpha value is -4.04. The first-order valence-electron chi connectivity index (χ1n) is 10.6. The Kier molecular flexibility index (Phi) is 6.98. The second-order valence-electron chi connectivity index (χ2n) is 7.62. The van der Waals surface area contributed by atoms with Crippen LogP contribution in [0.3, 0.4) is 0 Å². The molecule has 6 nitrogen and oxygen atoms in total. The number of nitrogens with one attached hydrogen (secondary N) is 1. The van der Waals surface area contributed by atoms with Gasteiger partial charge < -0.3 is 4.90 Å². The molecule has 0 aliphatic heterocycles. The minimum Gasteiger partial charge on any atom is -0.325 e. The Balaban J connectivity index is 1.63. The summed E-state index contributed by atoms with van der Waals surface area (Å²) in [5.74, 6) is -0.803. The summed E-state index contributed by atoms with van der Waals surface area (Å²) < 4.78 is 15.9. The highest BCUT2D eigenvalue weighted by molar-refractivity contribution is 7.12. The van der Waals surface area contributed by atoms with Crippen molar-refractivity contribution in [3.05, 3.63) is 101 Å². The monoisotopic (exact) mass is 474 g/mol. The molecule has 2 amide bonds. The topological polar surface area (TPSA) is 67.2 Å². The zero-order chi connectivity index (χ0) is 24.1. The van der Waals surface area contributed by atoms with Crippen molar-refractivity contribution >= 4 is 29.1 Å². The molecule has 0 aliphatic rings. The SMILES string of the molecule is C=CCN(CC(=O)Nc1nc(-c2ccccc2)cn1-c1ccc(C)c(F)c1)C(=O)c1cccs1. The molecule has 0 spiro atoms. The third kappa shape index (κ3) is 5.13. The van der Waals surface area contributed by atoms with Crippen LogP contribution in [0.15, 0.2) is 84.9 Å². The number of hydrogen-bond acceptors (Lipinski definition) is 4. The number of thiophene rings is 1. The van der Waals surface area contributed by atoms with E-state index in [0.717, 1.165) is 5.56 Å². The molecule has 172 valence electrons. The van der Waals surface area contributed by atoms with Crippen LogP contribution in [0.25, 0.3) is 16.9 Å². The number of halogens is 1. The first-order valence-corrected chi connectivity index (χ1v) is 11.5. The number of amides is 2. The molecule has 2 heterocycles. The predicted octanol–water partition coefficient (Wildman–Crippen LogP) is 5.32. The molecule has 0 radical (unpaired) electrons. The number of carbonyl (C=O) groups is 2. The Labute approximate surface area is 201 Å². The van der Waals surface area contributed by atoms with E-state index in [4.69, 9.17) is 0 Å². The van der Waals surface area contributed by atoms with Crippen LogP contribution in [0.4, 0.5) is 10.3 Å². The fraction of sp³-hybridized carbons (Fsp3) is 0.115. The van der Waals surface area contributed by atoms with Gasteiger partial charge in [0.1, 0.15) is 12.4 Å². The lowest BCUT2D eigenvalue weighted by atomic mass is 10.2. The largest absolute Gasteiger partial charge is 0.325 e. The standard InChI is InChI=1S/C26H23FN4O2S/c1-3-13-30(25(33)23-10-7-14-34-23)17-24(32)29-26-28-22(19-8-5-4-6-9-19)16-31(26)20-12-11-18(2)21(27)15-20/h3-12,14-16H,1,13,17H2,2H3,(H,28,29,32). The highest BCUT2D eigenvalue weighted by atomic mass is 32.1. The van der Waals surface area contributed by atoms with E-state index < -0.39 is 5.91 Å². The number of nitrogens with zero attached hydrogens (tertiary/aromatic N) is 3. The Morgan fingerprint density at radius 1 is 1.18 bits per heavy atom. The third-order valence-electron chi connectivity index (χ3n) is 5.16. The predicted molar refractivity (Wildman–Crippen MR) is 133 cm³/mol. The molecule has 8 heteroatoms. The van der Waals surface area contributed by atoms with Crippen LogP contribution in [-0.4, -0.2) is 39.4 Å². The van der Waals surface area contributed by atoms with Gasteiger partial charge in [0.15, 0.2) is 0 Å². The molecule has 34 heavy (non-hydrogen) atoms. The molecule has 0 aliphatic carbocycles. The van der Waals surface area contributed by atoms with Gasteiger partial charge in [0, 0.05) is 18.3 Å². The number of anilines is 1. The summed E-state index contributed by atoms with van der Waals surface area (Å²) in [7, 11) is 0. The number of benzene rings is 2. The molecule has 0 fully saturated rings. The van der Waals surface area contributed by atoms with E-state index in [1.165, 1.54) is 22.3 Å². The van der Waals surface area contributed by atoms with Crippen LogP contribution < -0.4 is 5.32 Å². The van der Waals surface area contributed by atoms with Crippen molar-refractivity contribution < 1.29 is 14.0 Å². The third-order valence-corrected chi connectivity index (χ3v) is 6.02. The minimum atomic E-state index is -0.425. The van der Waals surface area contributed by atoms with Gasteiger partial charge in [-0.15, -0.1) is 17.9 Å². The van der Waals surface area contributed by atoms with Crippen LogP contribution >= 0.6 is 11.3 Å². The normalized spacial score (nSPS) is 10.6. The minimum absolute atomic E-state index is 0.182. The van der Waals surface area contributed by atoms with E-state index in [9.17, 15) is 14.0 Å². The summed E-state index contributed by atoms with van der Waals surface area (Å²) in [5.41, 5.74) is 2.51. The summed E-state index contributed by atoms with van der Waals surface area (Å²) in [6.45, 7) is 5.41. The summed E-state index contributed by atoms with van der Waals surface area (Å²) in [4.78, 5) is 32.3. The van der Waals surface area contributed by atoms with Gasteiger partial charge in [0.05, 0.1) is 16.3 Å². The summed E-state index contributed by atoms with van der Waals surface area (Å²) in [6.07, 6.45) is 3.32. The van der Waals surface area contributed by atoms with E-state index >= 15 is 0 Å². The highest BCUT2D eigenvalue weighted by Gasteiger charge is 2.21. The lowest BCUT2D eigenvalue weighted by molar-refractivity contribution is -0.116. The maximum absolute atomic E-state index is 14.3. The number of aryl methyl sites for hydroxylation is 1. The van der Waals surface area contributed by atoms with Crippen molar-refractivity contribution in [2.75, 3.05) is 18.4 Å². The highest BCUT2D eigenvalue weighted by Crippen LogP contribution is 2.25. The van der Waals surface area contributed by atoms with E-state index in [-0.39, 0.29) is 30.8 Å². The van der Waals surface area contributed by atoms with E-state index in [2.05, 4.69) is 16.9 Å². The number of imidazole rings is 1. The number of rotatable bonds is 8. The molecule has 0 atom stereocenters. The number of carbonyl (C=O) groups excluding carboxylic acids is 2. The van der Waals surface area contributed by atoms with Crippen molar-refractivity contribution in [3.8, 4) is 16.9 Å². The molecule has 1 N–H and O–H groups in total. The van der Waals surface area contributed by atoms with E-state index in [1.54, 1.807) is 48.0 Å². The van der Waals surface area contributed by atoms with Crippen LogP contribution in [0, 0.1) is 12.7 Å². The fourth-order valence-electron chi connectivity index (χ4n) is 3.41. The van der Waals surface area contributed by atoms with Gasteiger partial charge >= 0.3 is 0 Å². The molecule has 2 aromatic carbocycles. The van der Waals surface area contributed by atoms with Gasteiger partial charge in [-0.2, -0.15) is 0 Å². The fourth-order valence-corrected chi connectivity index (χ4v) is 4.10. The zero-order valence-electron chi connectivity index (χ0n) is 18.6. The molecular formula is C26H23FN4O2S. The van der Waals surface area contributed by atoms with Crippen molar-refractivity contribution in [1.82, 2.24) is 14.5 Å². The Morgan fingerprint density at radius 3 is 2.65 bits per heavy atom.